The minimum absolute atomic E-state index is 0.0487. The van der Waals surface area contributed by atoms with Crippen LogP contribution < -0.4 is 10.2 Å². The molecule has 1 aliphatic heterocycles. The van der Waals surface area contributed by atoms with Crippen molar-refractivity contribution in [1.82, 2.24) is 9.79 Å². The number of nitrogens with zero attached hydrogens (tertiary/aromatic N) is 1. The van der Waals surface area contributed by atoms with Gasteiger partial charge in [0.15, 0.2) is 0 Å². The quantitative estimate of drug-likeness (QED) is 0.467. The van der Waals surface area contributed by atoms with E-state index in [2.05, 4.69) is 0 Å². The fourth-order valence-electron chi connectivity index (χ4n) is 3.14. The van der Waals surface area contributed by atoms with Crippen molar-refractivity contribution >= 4 is 27.5 Å². The van der Waals surface area contributed by atoms with Gasteiger partial charge in [-0.25, -0.2) is 13.9 Å². The molecule has 3 N–H and O–H groups in total. The molecule has 1 saturated heterocycles. The lowest BCUT2D eigenvalue weighted by Crippen LogP contribution is -2.54. The molecule has 0 saturated carbocycles. The number of piperidine rings is 1. The van der Waals surface area contributed by atoms with E-state index in [4.69, 9.17) is 21.5 Å². The lowest BCUT2D eigenvalue weighted by Gasteiger charge is -2.35. The number of hydrogen-bond donors (Lipinski definition) is 3. The van der Waals surface area contributed by atoms with Crippen LogP contribution in [0, 0.1) is 0 Å². The lowest BCUT2D eigenvalue weighted by molar-refractivity contribution is -0.135. The zero-order chi connectivity index (χ0) is 21.0. The molecule has 2 unspecified atom stereocenters. The molecule has 0 radical (unpaired) electrons. The number of hydrogen-bond acceptors (Lipinski definition) is 6. The Bertz CT molecular complexity index is 967. The Labute approximate surface area is 173 Å². The van der Waals surface area contributed by atoms with Crippen molar-refractivity contribution in [1.29, 1.82) is 0 Å². The molecule has 0 aromatic heterocycles. The molecule has 10 heteroatoms. The number of benzene rings is 2. The largest absolute Gasteiger partial charge is 0.489 e. The number of β-amino-alcohol motifs (C(OH)–C–C–N with tert-alkyl or cyclic N) is 1. The van der Waals surface area contributed by atoms with Gasteiger partial charge in [0.25, 0.3) is 5.91 Å². The molecule has 2 aromatic carbocycles. The monoisotopic (exact) mass is 440 g/mol. The third-order valence-corrected chi connectivity index (χ3v) is 6.96. The van der Waals surface area contributed by atoms with E-state index in [1.807, 2.05) is 18.2 Å². The molecule has 0 bridgehead atoms. The average molecular weight is 441 g/mol. The number of nitrogens with one attached hydrogen (secondary N) is 1. The number of amides is 1. The lowest BCUT2D eigenvalue weighted by atomic mass is 10.0. The molecule has 2 aromatic rings. The van der Waals surface area contributed by atoms with E-state index in [0.29, 0.717) is 10.8 Å². The number of carbonyl (C=O) groups is 1. The van der Waals surface area contributed by atoms with Gasteiger partial charge in [-0.1, -0.05) is 29.8 Å². The summed E-state index contributed by atoms with van der Waals surface area (Å²) in [6.45, 7) is -0.00594. The highest BCUT2D eigenvalue weighted by molar-refractivity contribution is 7.89. The SMILES string of the molecule is O=C(NO)C1CCC(O)CN1S(=O)(=O)c1ccc(OCc2ccccc2Cl)cc1. The summed E-state index contributed by atoms with van der Waals surface area (Å²) in [7, 11) is -4.07. The van der Waals surface area contributed by atoms with Gasteiger partial charge in [-0.15, -0.1) is 0 Å². The highest BCUT2D eigenvalue weighted by Gasteiger charge is 2.40. The van der Waals surface area contributed by atoms with Gasteiger partial charge in [0, 0.05) is 17.1 Å². The highest BCUT2D eigenvalue weighted by atomic mass is 35.5. The van der Waals surface area contributed by atoms with E-state index in [9.17, 15) is 18.3 Å². The van der Waals surface area contributed by atoms with Gasteiger partial charge < -0.3 is 9.84 Å². The van der Waals surface area contributed by atoms with Crippen LogP contribution in [0.25, 0.3) is 0 Å². The molecule has 8 nitrogen and oxygen atoms in total. The molecule has 0 aliphatic carbocycles. The van der Waals surface area contributed by atoms with E-state index in [0.717, 1.165) is 9.87 Å². The van der Waals surface area contributed by atoms with Crippen molar-refractivity contribution in [2.45, 2.75) is 36.5 Å². The second-order valence-corrected chi connectivity index (χ2v) is 8.95. The smallest absolute Gasteiger partial charge is 0.261 e. The van der Waals surface area contributed by atoms with Gasteiger partial charge in [-0.3, -0.25) is 10.0 Å². The third-order valence-electron chi connectivity index (χ3n) is 4.71. The molecule has 156 valence electrons. The molecule has 0 spiro atoms. The third kappa shape index (κ3) is 4.88. The first-order chi connectivity index (χ1) is 13.8. The summed E-state index contributed by atoms with van der Waals surface area (Å²) in [5.41, 5.74) is 2.29. The van der Waals surface area contributed by atoms with Crippen LogP contribution in [0.1, 0.15) is 18.4 Å². The fourth-order valence-corrected chi connectivity index (χ4v) is 4.99. The number of halogens is 1. The molecule has 3 rings (SSSR count). The van der Waals surface area contributed by atoms with E-state index in [1.54, 1.807) is 6.07 Å². The summed E-state index contributed by atoms with van der Waals surface area (Å²) < 4.78 is 32.5. The van der Waals surface area contributed by atoms with Crippen LogP contribution in [0.4, 0.5) is 0 Å². The van der Waals surface area contributed by atoms with E-state index >= 15 is 0 Å². The summed E-state index contributed by atoms with van der Waals surface area (Å²) >= 11 is 6.09. The Hall–Kier alpha value is -2.17. The van der Waals surface area contributed by atoms with Crippen molar-refractivity contribution in [3.8, 4) is 5.75 Å². The Balaban J connectivity index is 1.76. The number of aliphatic hydroxyl groups is 1. The molecule has 1 amide bonds. The maximum atomic E-state index is 13.0. The maximum Gasteiger partial charge on any atom is 0.261 e. The van der Waals surface area contributed by atoms with E-state index in [-0.39, 0.29) is 30.9 Å². The van der Waals surface area contributed by atoms with Crippen molar-refractivity contribution < 1.29 is 28.3 Å². The summed E-state index contributed by atoms with van der Waals surface area (Å²) in [4.78, 5) is 11.8. The zero-order valence-electron chi connectivity index (χ0n) is 15.4. The van der Waals surface area contributed by atoms with Crippen LogP contribution in [0.3, 0.4) is 0 Å². The van der Waals surface area contributed by atoms with Gasteiger partial charge in [-0.05, 0) is 43.2 Å². The first-order valence-corrected chi connectivity index (χ1v) is 10.7. The Morgan fingerprint density at radius 1 is 1.17 bits per heavy atom. The molecule has 1 heterocycles. The molecule has 29 heavy (non-hydrogen) atoms. The predicted octanol–water partition coefficient (Wildman–Crippen LogP) is 1.94. The molecular formula is C19H21ClN2O6S. The normalized spacial score (nSPS) is 20.2. The fraction of sp³-hybridized carbons (Fsp3) is 0.316. The summed E-state index contributed by atoms with van der Waals surface area (Å²) in [5, 5.41) is 19.4. The Kier molecular flexibility index (Phi) is 6.76. The van der Waals surface area contributed by atoms with Crippen molar-refractivity contribution in [3.63, 3.8) is 0 Å². The number of sulfonamides is 1. The average Bonchev–Trinajstić information content (AvgIpc) is 2.73. The molecule has 2 atom stereocenters. The van der Waals surface area contributed by atoms with Gasteiger partial charge >= 0.3 is 0 Å². The van der Waals surface area contributed by atoms with Crippen molar-refractivity contribution in [2.24, 2.45) is 0 Å². The van der Waals surface area contributed by atoms with Gasteiger partial charge in [0.05, 0.1) is 11.0 Å². The standard InChI is InChI=1S/C19H21ClN2O6S/c20-17-4-2-1-3-13(17)12-28-15-6-8-16(9-7-15)29(26,27)22-11-14(23)5-10-18(22)19(24)21-25/h1-4,6-9,14,18,23,25H,5,10-12H2,(H,21,24). The Morgan fingerprint density at radius 2 is 1.86 bits per heavy atom. The minimum Gasteiger partial charge on any atom is -0.489 e. The predicted molar refractivity (Wildman–Crippen MR) is 105 cm³/mol. The van der Waals surface area contributed by atoms with E-state index in [1.165, 1.54) is 29.7 Å². The van der Waals surface area contributed by atoms with Crippen LogP contribution in [0.15, 0.2) is 53.4 Å². The van der Waals surface area contributed by atoms with Gasteiger partial charge in [0.2, 0.25) is 10.0 Å². The topological polar surface area (TPSA) is 116 Å². The number of ether oxygens (including phenoxy) is 1. The molecular weight excluding hydrogens is 420 g/mol. The number of carbonyl (C=O) groups excluding carboxylic acids is 1. The first kappa shape index (κ1) is 21.5. The maximum absolute atomic E-state index is 13.0. The Morgan fingerprint density at radius 3 is 2.52 bits per heavy atom. The van der Waals surface area contributed by atoms with Crippen molar-refractivity contribution in [3.05, 3.63) is 59.1 Å². The summed E-state index contributed by atoms with van der Waals surface area (Å²) in [6.07, 6.45) is -0.518. The number of hydroxylamine groups is 1. The van der Waals surface area contributed by atoms with E-state index < -0.39 is 28.1 Å². The van der Waals surface area contributed by atoms with Crippen LogP contribution in [0.2, 0.25) is 5.02 Å². The molecule has 1 fully saturated rings. The van der Waals surface area contributed by atoms with Crippen LogP contribution in [-0.2, 0) is 21.4 Å². The van der Waals surface area contributed by atoms with Crippen LogP contribution in [0.5, 0.6) is 5.75 Å². The van der Waals surface area contributed by atoms with Crippen LogP contribution in [-0.4, -0.2) is 47.6 Å². The summed E-state index contributed by atoms with van der Waals surface area (Å²) in [6, 6.07) is 11.9. The van der Waals surface area contributed by atoms with Gasteiger partial charge in [0.1, 0.15) is 18.4 Å². The van der Waals surface area contributed by atoms with Crippen LogP contribution >= 0.6 is 11.6 Å². The minimum atomic E-state index is -4.07. The first-order valence-electron chi connectivity index (χ1n) is 8.93. The summed E-state index contributed by atoms with van der Waals surface area (Å²) in [5.74, 6) is -0.382. The van der Waals surface area contributed by atoms with Gasteiger partial charge in [-0.2, -0.15) is 4.31 Å². The second kappa shape index (κ2) is 9.10. The second-order valence-electron chi connectivity index (χ2n) is 6.65. The zero-order valence-corrected chi connectivity index (χ0v) is 16.9. The van der Waals surface area contributed by atoms with Crippen molar-refractivity contribution in [2.75, 3.05) is 6.54 Å². The highest BCUT2D eigenvalue weighted by Crippen LogP contribution is 2.27. The number of rotatable bonds is 6. The number of aliphatic hydroxyl groups excluding tert-OH is 1. The molecule has 1 aliphatic rings.